The van der Waals surface area contributed by atoms with E-state index in [1.54, 1.807) is 12.1 Å². The number of nitrogens with zero attached hydrogens (tertiary/aromatic N) is 1. The SMILES string of the molecule is Cc1ccc(N(CCCC(=O)Nc2ccc(S(=O)(=O)Nc3ccc(Cl)c(C(F)(F)F)c3)cc2)S(C)(=O)=O)cc1C. The predicted molar refractivity (Wildman–Crippen MR) is 150 cm³/mol. The average Bonchev–Trinajstić information content (AvgIpc) is 2.83. The molecule has 40 heavy (non-hydrogen) atoms. The molecule has 216 valence electrons. The lowest BCUT2D eigenvalue weighted by molar-refractivity contribution is -0.137. The molecule has 0 saturated heterocycles. The molecule has 0 saturated carbocycles. The molecule has 0 unspecified atom stereocenters. The van der Waals surface area contributed by atoms with E-state index in [1.165, 1.54) is 28.6 Å². The molecule has 0 heterocycles. The molecule has 3 aromatic rings. The summed E-state index contributed by atoms with van der Waals surface area (Å²) in [5.74, 6) is -0.414. The molecule has 0 aliphatic heterocycles. The van der Waals surface area contributed by atoms with Crippen molar-refractivity contribution in [3.63, 3.8) is 0 Å². The molecule has 14 heteroatoms. The van der Waals surface area contributed by atoms with E-state index in [4.69, 9.17) is 11.6 Å². The van der Waals surface area contributed by atoms with Gasteiger partial charge in [-0.2, -0.15) is 13.2 Å². The van der Waals surface area contributed by atoms with Crippen LogP contribution in [0, 0.1) is 13.8 Å². The van der Waals surface area contributed by atoms with Crippen LogP contribution >= 0.6 is 11.6 Å². The number of halogens is 4. The number of carbonyl (C=O) groups excluding carboxylic acids is 1. The van der Waals surface area contributed by atoms with Gasteiger partial charge in [-0.3, -0.25) is 13.8 Å². The normalized spacial score (nSPS) is 12.2. The standard InChI is InChI=1S/C26H27ClF3N3O5S2/c1-17-6-10-21(15-18(17)2)33(39(3,35)36)14-4-5-25(34)31-19-7-11-22(12-8-19)40(37,38)32-20-9-13-24(27)23(16-20)26(28,29)30/h6-13,15-16,32H,4-5,14H2,1-3H3,(H,31,34). The molecule has 0 bridgehead atoms. The molecule has 0 aliphatic carbocycles. The Morgan fingerprint density at radius 3 is 2.10 bits per heavy atom. The van der Waals surface area contributed by atoms with E-state index < -0.39 is 42.7 Å². The molecule has 3 aromatic carbocycles. The van der Waals surface area contributed by atoms with Crippen LogP contribution in [0.2, 0.25) is 5.02 Å². The number of sulfonamides is 2. The minimum absolute atomic E-state index is 0.00340. The van der Waals surface area contributed by atoms with E-state index in [-0.39, 0.29) is 35.7 Å². The van der Waals surface area contributed by atoms with Crippen molar-refractivity contribution in [3.05, 3.63) is 82.4 Å². The van der Waals surface area contributed by atoms with Gasteiger partial charge in [-0.15, -0.1) is 0 Å². The summed E-state index contributed by atoms with van der Waals surface area (Å²) in [6, 6.07) is 13.0. The van der Waals surface area contributed by atoms with Crippen LogP contribution in [0.5, 0.6) is 0 Å². The Balaban J connectivity index is 1.61. The van der Waals surface area contributed by atoms with Crippen LogP contribution in [-0.4, -0.2) is 35.5 Å². The largest absolute Gasteiger partial charge is 0.417 e. The Bertz CT molecular complexity index is 1610. The molecule has 1 amide bonds. The monoisotopic (exact) mass is 617 g/mol. The third-order valence-electron chi connectivity index (χ3n) is 5.92. The number of carbonyl (C=O) groups is 1. The Morgan fingerprint density at radius 2 is 1.52 bits per heavy atom. The number of nitrogens with one attached hydrogen (secondary N) is 2. The van der Waals surface area contributed by atoms with Gasteiger partial charge in [0, 0.05) is 24.3 Å². The molecule has 8 nitrogen and oxygen atoms in total. The van der Waals surface area contributed by atoms with Crippen molar-refractivity contribution >= 4 is 54.6 Å². The second kappa shape index (κ2) is 12.1. The van der Waals surface area contributed by atoms with E-state index >= 15 is 0 Å². The average molecular weight is 618 g/mol. The molecule has 0 aliphatic rings. The summed E-state index contributed by atoms with van der Waals surface area (Å²) in [7, 11) is -7.82. The maximum atomic E-state index is 13.1. The summed E-state index contributed by atoms with van der Waals surface area (Å²) >= 11 is 5.57. The highest BCUT2D eigenvalue weighted by Crippen LogP contribution is 2.36. The highest BCUT2D eigenvalue weighted by Gasteiger charge is 2.33. The third-order valence-corrected chi connectivity index (χ3v) is 8.84. The number of amides is 1. The summed E-state index contributed by atoms with van der Waals surface area (Å²) in [5, 5.41) is 2.04. The van der Waals surface area contributed by atoms with E-state index in [9.17, 15) is 34.8 Å². The zero-order chi connectivity index (χ0) is 29.9. The molecule has 0 spiro atoms. The smallest absolute Gasteiger partial charge is 0.326 e. The van der Waals surface area contributed by atoms with E-state index in [0.29, 0.717) is 11.8 Å². The summed E-state index contributed by atoms with van der Waals surface area (Å²) in [6.45, 7) is 3.87. The number of aryl methyl sites for hydroxylation is 2. The highest BCUT2D eigenvalue weighted by atomic mass is 35.5. The second-order valence-corrected chi connectivity index (χ2v) is 13.1. The van der Waals surface area contributed by atoms with Crippen LogP contribution in [0.1, 0.15) is 29.5 Å². The van der Waals surface area contributed by atoms with Crippen LogP contribution in [0.3, 0.4) is 0 Å². The van der Waals surface area contributed by atoms with Gasteiger partial charge >= 0.3 is 6.18 Å². The predicted octanol–water partition coefficient (Wildman–Crippen LogP) is 5.96. The Morgan fingerprint density at radius 1 is 0.900 bits per heavy atom. The Kier molecular flexibility index (Phi) is 9.42. The zero-order valence-electron chi connectivity index (χ0n) is 21.7. The van der Waals surface area contributed by atoms with Crippen molar-refractivity contribution in [2.24, 2.45) is 0 Å². The van der Waals surface area contributed by atoms with Gasteiger partial charge in [-0.05, 0) is 86.0 Å². The lowest BCUT2D eigenvalue weighted by Crippen LogP contribution is -2.31. The summed E-state index contributed by atoms with van der Waals surface area (Å²) in [5.41, 5.74) is 1.24. The van der Waals surface area contributed by atoms with Gasteiger partial charge in [0.25, 0.3) is 10.0 Å². The first-order valence-electron chi connectivity index (χ1n) is 11.8. The summed E-state index contributed by atoms with van der Waals surface area (Å²) in [4.78, 5) is 12.2. The van der Waals surface area contributed by atoms with Crippen molar-refractivity contribution in [1.29, 1.82) is 0 Å². The van der Waals surface area contributed by atoms with Crippen molar-refractivity contribution in [3.8, 4) is 0 Å². The van der Waals surface area contributed by atoms with Crippen LogP contribution in [0.15, 0.2) is 65.6 Å². The Hall–Kier alpha value is -3.29. The third kappa shape index (κ3) is 8.12. The van der Waals surface area contributed by atoms with E-state index in [0.717, 1.165) is 29.5 Å². The molecular formula is C26H27ClF3N3O5S2. The maximum Gasteiger partial charge on any atom is 0.417 e. The van der Waals surface area contributed by atoms with Crippen molar-refractivity contribution < 1.29 is 34.8 Å². The molecule has 0 fully saturated rings. The highest BCUT2D eigenvalue weighted by molar-refractivity contribution is 7.92. The molecule has 2 N–H and O–H groups in total. The van der Waals surface area contributed by atoms with Crippen LogP contribution in [0.4, 0.5) is 30.2 Å². The fraction of sp³-hybridized carbons (Fsp3) is 0.269. The van der Waals surface area contributed by atoms with Gasteiger partial charge in [0.15, 0.2) is 0 Å². The molecule has 3 rings (SSSR count). The van der Waals surface area contributed by atoms with Crippen LogP contribution < -0.4 is 14.3 Å². The van der Waals surface area contributed by atoms with Crippen molar-refractivity contribution in [2.45, 2.75) is 37.8 Å². The number of anilines is 3. The fourth-order valence-electron chi connectivity index (χ4n) is 3.71. The van der Waals surface area contributed by atoms with Crippen molar-refractivity contribution in [2.75, 3.05) is 27.1 Å². The first-order chi connectivity index (χ1) is 18.5. The van der Waals surface area contributed by atoms with Crippen LogP contribution in [-0.2, 0) is 31.0 Å². The quantitative estimate of drug-likeness (QED) is 0.291. The Labute approximate surface area is 236 Å². The van der Waals surface area contributed by atoms with Crippen LogP contribution in [0.25, 0.3) is 0 Å². The number of hydrogen-bond acceptors (Lipinski definition) is 5. The lowest BCUT2D eigenvalue weighted by atomic mass is 10.1. The second-order valence-electron chi connectivity index (χ2n) is 9.08. The van der Waals surface area contributed by atoms with Gasteiger partial charge in [-0.1, -0.05) is 17.7 Å². The van der Waals surface area contributed by atoms with Gasteiger partial charge < -0.3 is 5.32 Å². The number of rotatable bonds is 10. The van der Waals surface area contributed by atoms with Gasteiger partial charge in [0.05, 0.1) is 27.4 Å². The molecule has 0 atom stereocenters. The number of alkyl halides is 3. The minimum Gasteiger partial charge on any atom is -0.326 e. The van der Waals surface area contributed by atoms with Gasteiger partial charge in [0.2, 0.25) is 15.9 Å². The van der Waals surface area contributed by atoms with E-state index in [1.807, 2.05) is 19.9 Å². The van der Waals surface area contributed by atoms with Crippen molar-refractivity contribution in [1.82, 2.24) is 0 Å². The molecule has 0 radical (unpaired) electrons. The first kappa shape index (κ1) is 31.2. The first-order valence-corrected chi connectivity index (χ1v) is 15.5. The topological polar surface area (TPSA) is 113 Å². The fourth-order valence-corrected chi connectivity index (χ4v) is 5.94. The van der Waals surface area contributed by atoms with E-state index in [2.05, 4.69) is 10.0 Å². The zero-order valence-corrected chi connectivity index (χ0v) is 24.1. The summed E-state index contributed by atoms with van der Waals surface area (Å²) in [6.07, 6.45) is -3.45. The summed E-state index contributed by atoms with van der Waals surface area (Å²) < 4.78 is 92.5. The number of benzene rings is 3. The molecular weight excluding hydrogens is 591 g/mol. The lowest BCUT2D eigenvalue weighted by Gasteiger charge is -2.23. The molecule has 0 aromatic heterocycles. The van der Waals surface area contributed by atoms with Gasteiger partial charge in [-0.25, -0.2) is 16.8 Å². The van der Waals surface area contributed by atoms with Gasteiger partial charge in [0.1, 0.15) is 0 Å². The maximum absolute atomic E-state index is 13.1. The minimum atomic E-state index is -4.76. The number of hydrogen-bond donors (Lipinski definition) is 2.